The van der Waals surface area contributed by atoms with Crippen molar-refractivity contribution in [1.29, 1.82) is 0 Å². The van der Waals surface area contributed by atoms with E-state index in [1.54, 1.807) is 11.3 Å². The molecule has 2 aromatic rings. The lowest BCUT2D eigenvalue weighted by molar-refractivity contribution is 0.315. The van der Waals surface area contributed by atoms with Gasteiger partial charge in [0.15, 0.2) is 0 Å². The van der Waals surface area contributed by atoms with Crippen molar-refractivity contribution in [3.8, 4) is 0 Å². The van der Waals surface area contributed by atoms with Gasteiger partial charge in [-0.15, -0.1) is 11.3 Å². The van der Waals surface area contributed by atoms with Gasteiger partial charge in [0.25, 0.3) is 0 Å². The molecular formula is C14H18N4OS. The predicted octanol–water partition coefficient (Wildman–Crippen LogP) is 2.42. The van der Waals surface area contributed by atoms with E-state index in [0.29, 0.717) is 13.0 Å². The highest BCUT2D eigenvalue weighted by Crippen LogP contribution is 2.19. The second-order valence-electron chi connectivity index (χ2n) is 4.49. The maximum atomic E-state index is 8.75. The number of nitrogens with one attached hydrogen (secondary N) is 1. The molecule has 0 aliphatic carbocycles. The van der Waals surface area contributed by atoms with Gasteiger partial charge in [-0.3, -0.25) is 0 Å². The van der Waals surface area contributed by atoms with Crippen LogP contribution in [0.15, 0.2) is 41.7 Å². The zero-order chi connectivity index (χ0) is 14.4. The van der Waals surface area contributed by atoms with E-state index in [1.165, 1.54) is 4.88 Å². The van der Waals surface area contributed by atoms with Gasteiger partial charge in [-0.1, -0.05) is 35.5 Å². The molecule has 0 aliphatic rings. The van der Waals surface area contributed by atoms with Crippen LogP contribution in [0.2, 0.25) is 0 Å². The topological polar surface area (TPSA) is 83.5 Å². The smallest absolute Gasteiger partial charge is 0.141 e. The number of rotatable bonds is 6. The van der Waals surface area contributed by atoms with E-state index < -0.39 is 0 Å². The second-order valence-corrected chi connectivity index (χ2v) is 5.80. The Morgan fingerprint density at radius 1 is 1.45 bits per heavy atom. The van der Waals surface area contributed by atoms with Crippen molar-refractivity contribution in [2.45, 2.75) is 25.9 Å². The van der Waals surface area contributed by atoms with Crippen LogP contribution >= 0.6 is 11.3 Å². The maximum Gasteiger partial charge on any atom is 0.141 e. The number of aromatic nitrogens is 1. The van der Waals surface area contributed by atoms with Crippen LogP contribution in [0.25, 0.3) is 0 Å². The third-order valence-electron chi connectivity index (χ3n) is 2.94. The van der Waals surface area contributed by atoms with Crippen molar-refractivity contribution in [1.82, 2.24) is 10.3 Å². The molecule has 0 fully saturated rings. The van der Waals surface area contributed by atoms with Gasteiger partial charge in [-0.05, 0) is 12.5 Å². The highest BCUT2D eigenvalue weighted by molar-refractivity contribution is 7.11. The molecule has 0 radical (unpaired) electrons. The third-order valence-corrected chi connectivity index (χ3v) is 3.85. The van der Waals surface area contributed by atoms with Crippen LogP contribution in [0.3, 0.4) is 0 Å². The predicted molar refractivity (Wildman–Crippen MR) is 80.9 cm³/mol. The fraction of sp³-hybridized carbons (Fsp3) is 0.286. The zero-order valence-corrected chi connectivity index (χ0v) is 12.1. The normalized spacial score (nSPS) is 13.3. The molecule has 1 atom stereocenters. The Kier molecular flexibility index (Phi) is 5.09. The Morgan fingerprint density at radius 2 is 2.20 bits per heavy atom. The Balaban J connectivity index is 2.06. The van der Waals surface area contributed by atoms with Crippen molar-refractivity contribution in [2.75, 3.05) is 0 Å². The van der Waals surface area contributed by atoms with Crippen molar-refractivity contribution in [2.24, 2.45) is 10.9 Å². The number of amidine groups is 1. The molecule has 0 saturated carbocycles. The molecule has 0 saturated heterocycles. The van der Waals surface area contributed by atoms with Gasteiger partial charge in [0.1, 0.15) is 5.84 Å². The maximum absolute atomic E-state index is 8.75. The number of hydrogen-bond donors (Lipinski definition) is 3. The quantitative estimate of drug-likeness (QED) is 0.330. The van der Waals surface area contributed by atoms with Crippen molar-refractivity contribution < 1.29 is 5.21 Å². The summed E-state index contributed by atoms with van der Waals surface area (Å²) in [5.74, 6) is 0.215. The average Bonchev–Trinajstić information content (AvgIpc) is 2.89. The molecule has 1 heterocycles. The van der Waals surface area contributed by atoms with Gasteiger partial charge in [-0.2, -0.15) is 0 Å². The average molecular weight is 290 g/mol. The summed E-state index contributed by atoms with van der Waals surface area (Å²) in [7, 11) is 0. The first kappa shape index (κ1) is 14.5. The molecule has 4 N–H and O–H groups in total. The van der Waals surface area contributed by atoms with Crippen LogP contribution in [0.5, 0.6) is 0 Å². The Labute approximate surface area is 122 Å². The lowest BCUT2D eigenvalue weighted by atomic mass is 10.0. The monoisotopic (exact) mass is 290 g/mol. The number of nitrogens with two attached hydrogens (primary N) is 1. The number of thiazole rings is 1. The van der Waals surface area contributed by atoms with Crippen LogP contribution in [0, 0.1) is 6.92 Å². The first-order valence-corrected chi connectivity index (χ1v) is 7.16. The number of aryl methyl sites for hydroxylation is 1. The van der Waals surface area contributed by atoms with Crippen LogP contribution in [-0.4, -0.2) is 16.0 Å². The van der Waals surface area contributed by atoms with Crippen molar-refractivity contribution >= 4 is 17.2 Å². The SMILES string of the molecule is Cc1ncc(CNC(CC(N)=NO)c2ccccc2)s1. The van der Waals surface area contributed by atoms with Gasteiger partial charge < -0.3 is 16.3 Å². The molecule has 1 aromatic carbocycles. The molecule has 2 rings (SSSR count). The highest BCUT2D eigenvalue weighted by Gasteiger charge is 2.13. The highest BCUT2D eigenvalue weighted by atomic mass is 32.1. The van der Waals surface area contributed by atoms with Crippen LogP contribution in [-0.2, 0) is 6.54 Å². The summed E-state index contributed by atoms with van der Waals surface area (Å²) < 4.78 is 0. The van der Waals surface area contributed by atoms with Crippen LogP contribution in [0.1, 0.15) is 27.9 Å². The van der Waals surface area contributed by atoms with Gasteiger partial charge in [0, 0.05) is 30.1 Å². The van der Waals surface area contributed by atoms with Crippen LogP contribution in [0.4, 0.5) is 0 Å². The number of benzene rings is 1. The van der Waals surface area contributed by atoms with Gasteiger partial charge in [0.05, 0.1) is 5.01 Å². The van der Waals surface area contributed by atoms with Crippen molar-refractivity contribution in [3.05, 3.63) is 52.0 Å². The summed E-state index contributed by atoms with van der Waals surface area (Å²) in [6, 6.07) is 9.99. The Hall–Kier alpha value is -1.92. The summed E-state index contributed by atoms with van der Waals surface area (Å²) in [5, 5.41) is 16.3. The minimum atomic E-state index is 0.00880. The number of hydrogen-bond acceptors (Lipinski definition) is 5. The lowest BCUT2D eigenvalue weighted by Gasteiger charge is -2.18. The number of nitrogens with zero attached hydrogens (tertiary/aromatic N) is 2. The fourth-order valence-electron chi connectivity index (χ4n) is 1.95. The first-order chi connectivity index (χ1) is 9.69. The Morgan fingerprint density at radius 3 is 2.80 bits per heavy atom. The molecule has 0 aliphatic heterocycles. The van der Waals surface area contributed by atoms with E-state index in [2.05, 4.69) is 15.5 Å². The van der Waals surface area contributed by atoms with E-state index in [9.17, 15) is 0 Å². The molecular weight excluding hydrogens is 272 g/mol. The molecule has 5 nitrogen and oxygen atoms in total. The molecule has 0 bridgehead atoms. The minimum absolute atomic E-state index is 0.00880. The summed E-state index contributed by atoms with van der Waals surface area (Å²) in [6.07, 6.45) is 2.33. The second kappa shape index (κ2) is 7.02. The molecule has 1 aromatic heterocycles. The molecule has 1 unspecified atom stereocenters. The first-order valence-electron chi connectivity index (χ1n) is 6.35. The van der Waals surface area contributed by atoms with Gasteiger partial charge in [0.2, 0.25) is 0 Å². The van der Waals surface area contributed by atoms with Gasteiger partial charge in [-0.25, -0.2) is 4.98 Å². The van der Waals surface area contributed by atoms with Crippen molar-refractivity contribution in [3.63, 3.8) is 0 Å². The van der Waals surface area contributed by atoms with Crippen LogP contribution < -0.4 is 11.1 Å². The van der Waals surface area contributed by atoms with E-state index in [1.807, 2.05) is 43.5 Å². The third kappa shape index (κ3) is 4.04. The Bertz CT molecular complexity index is 568. The minimum Gasteiger partial charge on any atom is -0.409 e. The zero-order valence-electron chi connectivity index (χ0n) is 11.3. The molecule has 20 heavy (non-hydrogen) atoms. The number of oxime groups is 1. The lowest BCUT2D eigenvalue weighted by Crippen LogP contribution is -2.26. The summed E-state index contributed by atoms with van der Waals surface area (Å²) in [5.41, 5.74) is 6.75. The molecule has 0 spiro atoms. The molecule has 0 amide bonds. The summed E-state index contributed by atoms with van der Waals surface area (Å²) >= 11 is 1.67. The van der Waals surface area contributed by atoms with E-state index in [4.69, 9.17) is 10.9 Å². The van der Waals surface area contributed by atoms with Gasteiger partial charge >= 0.3 is 0 Å². The van der Waals surface area contributed by atoms with E-state index >= 15 is 0 Å². The largest absolute Gasteiger partial charge is 0.409 e. The summed E-state index contributed by atoms with van der Waals surface area (Å²) in [6.45, 7) is 2.70. The summed E-state index contributed by atoms with van der Waals surface area (Å²) in [4.78, 5) is 5.40. The molecule has 6 heteroatoms. The fourth-order valence-corrected chi connectivity index (χ4v) is 2.70. The van der Waals surface area contributed by atoms with E-state index in [-0.39, 0.29) is 11.9 Å². The van der Waals surface area contributed by atoms with E-state index in [0.717, 1.165) is 10.6 Å². The molecule has 106 valence electrons. The standard InChI is InChI=1S/C14H18N4OS/c1-10-16-8-12(20-10)9-17-13(7-14(15)18-19)11-5-3-2-4-6-11/h2-6,8,13,17,19H,7,9H2,1H3,(H2,15,18).